The normalized spacial score (nSPS) is 20.1. The van der Waals surface area contributed by atoms with Crippen LogP contribution in [0, 0.1) is 23.2 Å². The molecule has 3 atom stereocenters. The zero-order valence-corrected chi connectivity index (χ0v) is 25.6. The number of carbonyl (C=O) groups excluding carboxylic acids is 1. The predicted octanol–water partition coefficient (Wildman–Crippen LogP) is 4.12. The Balaban J connectivity index is 0.00000760. The zero-order chi connectivity index (χ0) is 28.3. The highest BCUT2D eigenvalue weighted by molar-refractivity contribution is 5.85. The van der Waals surface area contributed by atoms with Gasteiger partial charge in [-0.2, -0.15) is 0 Å². The first-order valence-electron chi connectivity index (χ1n) is 14.2. The van der Waals surface area contributed by atoms with Crippen LogP contribution in [-0.2, 0) is 16.0 Å². The van der Waals surface area contributed by atoms with Gasteiger partial charge in [-0.3, -0.25) is 4.79 Å². The van der Waals surface area contributed by atoms with Gasteiger partial charge in [0.05, 0.1) is 25.9 Å². The third-order valence-corrected chi connectivity index (χ3v) is 8.26. The Kier molecular flexibility index (Phi) is 15.7. The maximum atomic E-state index is 13.0. The van der Waals surface area contributed by atoms with E-state index in [1.807, 2.05) is 32.0 Å². The summed E-state index contributed by atoms with van der Waals surface area (Å²) in [6, 6.07) is 5.54. The largest absolute Gasteiger partial charge is 0.493 e. The van der Waals surface area contributed by atoms with Gasteiger partial charge in [-0.25, -0.2) is 0 Å². The van der Waals surface area contributed by atoms with Gasteiger partial charge in [-0.1, -0.05) is 33.8 Å². The number of nitrogens with one attached hydrogen (secondary N) is 1. The molecule has 0 radical (unpaired) electrons. The summed E-state index contributed by atoms with van der Waals surface area (Å²) in [5, 5.41) is 23.5. The molecule has 1 aromatic carbocycles. The summed E-state index contributed by atoms with van der Waals surface area (Å²) in [6.45, 7) is 9.56. The molecule has 0 aliphatic heterocycles. The highest BCUT2D eigenvalue weighted by atomic mass is 35.5. The van der Waals surface area contributed by atoms with Crippen molar-refractivity contribution in [1.29, 1.82) is 0 Å². The molecular weight excluding hydrogens is 520 g/mol. The molecule has 0 bridgehead atoms. The molecule has 0 heterocycles. The zero-order valence-electron chi connectivity index (χ0n) is 24.8. The fraction of sp³-hybridized carbons (Fsp3) is 0.767. The van der Waals surface area contributed by atoms with Gasteiger partial charge in [-0.05, 0) is 74.0 Å². The average molecular weight is 573 g/mol. The standard InChI is InChI=1S/C30H52N2O6.ClH/c1-20(2)22(16-21-8-13-27(37-6)28(17-21)38-15-7-14-36-5)18-25(31)26(34)19-32-29(35)30(3,4)23-9-11-24(33)12-10-23;/h8,13,17,20,22-26,33-34H,7,9-12,14-16,18-19,31H2,1-6H3,(H,32,35);1H/t22-,23-,24-,25-,26-;/m0./s1. The van der Waals surface area contributed by atoms with E-state index >= 15 is 0 Å². The minimum Gasteiger partial charge on any atom is -0.493 e. The van der Waals surface area contributed by atoms with E-state index in [4.69, 9.17) is 19.9 Å². The van der Waals surface area contributed by atoms with Crippen LogP contribution >= 0.6 is 12.4 Å². The number of aliphatic hydroxyl groups excluding tert-OH is 2. The first-order valence-corrected chi connectivity index (χ1v) is 14.2. The third-order valence-electron chi connectivity index (χ3n) is 8.26. The summed E-state index contributed by atoms with van der Waals surface area (Å²) in [4.78, 5) is 13.0. The van der Waals surface area contributed by atoms with Gasteiger partial charge in [0, 0.05) is 38.1 Å². The molecule has 1 amide bonds. The summed E-state index contributed by atoms with van der Waals surface area (Å²) < 4.78 is 16.5. The lowest BCUT2D eigenvalue weighted by atomic mass is 9.70. The smallest absolute Gasteiger partial charge is 0.226 e. The van der Waals surface area contributed by atoms with Crippen molar-refractivity contribution in [2.24, 2.45) is 28.9 Å². The maximum Gasteiger partial charge on any atom is 0.226 e. The number of benzene rings is 1. The number of hydrogen-bond donors (Lipinski definition) is 4. The number of methoxy groups -OCH3 is 2. The van der Waals surface area contributed by atoms with Crippen molar-refractivity contribution in [2.75, 3.05) is 34.0 Å². The van der Waals surface area contributed by atoms with Crippen molar-refractivity contribution in [2.45, 2.75) is 90.9 Å². The van der Waals surface area contributed by atoms with Crippen molar-refractivity contribution in [1.82, 2.24) is 5.32 Å². The van der Waals surface area contributed by atoms with Crippen molar-refractivity contribution >= 4 is 18.3 Å². The summed E-state index contributed by atoms with van der Waals surface area (Å²) in [7, 11) is 3.31. The SMILES string of the molecule is COCCCOc1cc(C[C@@H](C[C@H](N)[C@@H](O)CNC(=O)C(C)(C)[C@H]2CC[C@H](O)CC2)C(C)C)ccc1OC.Cl. The molecule has 1 aliphatic carbocycles. The number of rotatable bonds is 16. The third kappa shape index (κ3) is 11.1. The van der Waals surface area contributed by atoms with Crippen molar-refractivity contribution in [3.63, 3.8) is 0 Å². The van der Waals surface area contributed by atoms with Gasteiger partial charge in [0.25, 0.3) is 0 Å². The molecular formula is C30H53ClN2O6. The van der Waals surface area contributed by atoms with Crippen LogP contribution in [-0.4, -0.2) is 68.3 Å². The highest BCUT2D eigenvalue weighted by Gasteiger charge is 2.38. The van der Waals surface area contributed by atoms with Crippen LogP contribution in [0.2, 0.25) is 0 Å². The second-order valence-electron chi connectivity index (χ2n) is 11.8. The number of aliphatic hydroxyl groups is 2. The minimum atomic E-state index is -0.834. The van der Waals surface area contributed by atoms with Gasteiger partial charge in [-0.15, -0.1) is 12.4 Å². The second-order valence-corrected chi connectivity index (χ2v) is 11.8. The minimum absolute atomic E-state index is 0. The van der Waals surface area contributed by atoms with Crippen LogP contribution in [0.1, 0.15) is 71.8 Å². The molecule has 226 valence electrons. The molecule has 0 spiro atoms. The average Bonchev–Trinajstić information content (AvgIpc) is 2.89. The van der Waals surface area contributed by atoms with E-state index in [9.17, 15) is 15.0 Å². The molecule has 2 rings (SSSR count). The van der Waals surface area contributed by atoms with Gasteiger partial charge in [0.2, 0.25) is 5.91 Å². The lowest BCUT2D eigenvalue weighted by molar-refractivity contribution is -0.134. The molecule has 1 saturated carbocycles. The van der Waals surface area contributed by atoms with E-state index in [1.54, 1.807) is 14.2 Å². The summed E-state index contributed by atoms with van der Waals surface area (Å²) in [5.41, 5.74) is 7.02. The summed E-state index contributed by atoms with van der Waals surface area (Å²) >= 11 is 0. The van der Waals surface area contributed by atoms with E-state index in [-0.39, 0.29) is 42.8 Å². The number of ether oxygens (including phenoxy) is 3. The van der Waals surface area contributed by atoms with E-state index in [0.717, 1.165) is 44.1 Å². The first kappa shape index (κ1) is 35.4. The molecule has 39 heavy (non-hydrogen) atoms. The first-order chi connectivity index (χ1) is 18.0. The van der Waals surface area contributed by atoms with E-state index in [2.05, 4.69) is 19.2 Å². The van der Waals surface area contributed by atoms with Gasteiger partial charge >= 0.3 is 0 Å². The number of amides is 1. The topological polar surface area (TPSA) is 123 Å². The van der Waals surface area contributed by atoms with Gasteiger partial charge in [0.1, 0.15) is 0 Å². The fourth-order valence-electron chi connectivity index (χ4n) is 5.31. The van der Waals surface area contributed by atoms with E-state index in [1.165, 1.54) is 0 Å². The summed E-state index contributed by atoms with van der Waals surface area (Å²) in [6.07, 6.45) is 4.29. The fourth-order valence-corrected chi connectivity index (χ4v) is 5.31. The number of hydrogen-bond acceptors (Lipinski definition) is 7. The van der Waals surface area contributed by atoms with Crippen molar-refractivity contribution < 1.29 is 29.2 Å². The van der Waals surface area contributed by atoms with Crippen LogP contribution in [0.3, 0.4) is 0 Å². The Hall–Kier alpha value is -1.58. The van der Waals surface area contributed by atoms with Crippen molar-refractivity contribution in [3.05, 3.63) is 23.8 Å². The van der Waals surface area contributed by atoms with Gasteiger partial charge < -0.3 is 35.5 Å². The van der Waals surface area contributed by atoms with Crippen LogP contribution in [0.15, 0.2) is 18.2 Å². The molecule has 1 aliphatic rings. The molecule has 0 saturated heterocycles. The summed E-state index contributed by atoms with van der Waals surface area (Å²) in [5.74, 6) is 2.17. The Morgan fingerprint density at radius 3 is 2.38 bits per heavy atom. The van der Waals surface area contributed by atoms with Crippen molar-refractivity contribution in [3.8, 4) is 11.5 Å². The van der Waals surface area contributed by atoms with Crippen LogP contribution < -0.4 is 20.5 Å². The molecule has 8 nitrogen and oxygen atoms in total. The number of nitrogens with two attached hydrogens (primary N) is 1. The second kappa shape index (κ2) is 17.3. The molecule has 1 fully saturated rings. The predicted molar refractivity (Wildman–Crippen MR) is 158 cm³/mol. The lowest BCUT2D eigenvalue weighted by Crippen LogP contribution is -2.49. The molecule has 0 unspecified atom stereocenters. The quantitative estimate of drug-likeness (QED) is 0.220. The molecule has 5 N–H and O–H groups in total. The van der Waals surface area contributed by atoms with Crippen LogP contribution in [0.5, 0.6) is 11.5 Å². The molecule has 1 aromatic rings. The monoisotopic (exact) mass is 572 g/mol. The molecule has 0 aromatic heterocycles. The van der Waals surface area contributed by atoms with Crippen LogP contribution in [0.4, 0.5) is 0 Å². The van der Waals surface area contributed by atoms with Crippen LogP contribution in [0.25, 0.3) is 0 Å². The number of halogens is 1. The Bertz CT molecular complexity index is 845. The Morgan fingerprint density at radius 2 is 1.79 bits per heavy atom. The maximum absolute atomic E-state index is 13.0. The Morgan fingerprint density at radius 1 is 1.13 bits per heavy atom. The van der Waals surface area contributed by atoms with E-state index in [0.29, 0.717) is 37.1 Å². The molecule has 9 heteroatoms. The number of carbonyl (C=O) groups is 1. The lowest BCUT2D eigenvalue weighted by Gasteiger charge is -2.37. The highest BCUT2D eigenvalue weighted by Crippen LogP contribution is 2.38. The van der Waals surface area contributed by atoms with Gasteiger partial charge in [0.15, 0.2) is 11.5 Å². The van der Waals surface area contributed by atoms with E-state index < -0.39 is 17.6 Å². The Labute approximate surface area is 241 Å².